The summed E-state index contributed by atoms with van der Waals surface area (Å²) >= 11 is 0. The number of aryl methyl sites for hydroxylation is 2. The SMILES string of the molecule is Cc1cc(C)c(C)c(-c2cnc(CN)[nH]2)c1C. The largest absolute Gasteiger partial charge is 0.341 e. The first-order valence-corrected chi connectivity index (χ1v) is 5.86. The van der Waals surface area contributed by atoms with Crippen molar-refractivity contribution in [3.05, 3.63) is 40.3 Å². The van der Waals surface area contributed by atoms with Crippen LogP contribution in [0.5, 0.6) is 0 Å². The molecule has 0 aliphatic heterocycles. The number of aromatic nitrogens is 2. The number of hydrogen-bond acceptors (Lipinski definition) is 2. The van der Waals surface area contributed by atoms with Gasteiger partial charge in [0.25, 0.3) is 0 Å². The predicted octanol–water partition coefficient (Wildman–Crippen LogP) is 2.77. The molecule has 0 saturated heterocycles. The Balaban J connectivity index is 2.65. The summed E-state index contributed by atoms with van der Waals surface area (Å²) in [6.45, 7) is 9.04. The number of H-pyrrole nitrogens is 1. The van der Waals surface area contributed by atoms with Crippen molar-refractivity contribution in [1.29, 1.82) is 0 Å². The molecule has 0 spiro atoms. The fourth-order valence-corrected chi connectivity index (χ4v) is 2.21. The summed E-state index contributed by atoms with van der Waals surface area (Å²) in [6, 6.07) is 2.23. The van der Waals surface area contributed by atoms with E-state index in [1.807, 2.05) is 6.20 Å². The molecule has 0 unspecified atom stereocenters. The highest BCUT2D eigenvalue weighted by Gasteiger charge is 2.12. The van der Waals surface area contributed by atoms with Gasteiger partial charge in [0.15, 0.2) is 0 Å². The third-order valence-corrected chi connectivity index (χ3v) is 3.46. The van der Waals surface area contributed by atoms with E-state index in [4.69, 9.17) is 5.73 Å². The molecule has 0 bridgehead atoms. The Morgan fingerprint density at radius 3 is 2.18 bits per heavy atom. The Bertz CT molecular complexity index is 527. The Hall–Kier alpha value is -1.61. The van der Waals surface area contributed by atoms with Crippen molar-refractivity contribution < 1.29 is 0 Å². The third-order valence-electron chi connectivity index (χ3n) is 3.46. The van der Waals surface area contributed by atoms with Crippen LogP contribution in [0, 0.1) is 27.7 Å². The smallest absolute Gasteiger partial charge is 0.120 e. The molecule has 1 aromatic heterocycles. The van der Waals surface area contributed by atoms with E-state index >= 15 is 0 Å². The lowest BCUT2D eigenvalue weighted by Crippen LogP contribution is -1.99. The van der Waals surface area contributed by atoms with Crippen LogP contribution in [0.2, 0.25) is 0 Å². The summed E-state index contributed by atoms with van der Waals surface area (Å²) in [6.07, 6.45) is 1.87. The monoisotopic (exact) mass is 229 g/mol. The molecule has 0 radical (unpaired) electrons. The lowest BCUT2D eigenvalue weighted by atomic mass is 9.93. The molecule has 0 atom stereocenters. The number of benzene rings is 1. The lowest BCUT2D eigenvalue weighted by molar-refractivity contribution is 0.950. The molecule has 2 aromatic rings. The van der Waals surface area contributed by atoms with Gasteiger partial charge in [0.05, 0.1) is 18.4 Å². The highest BCUT2D eigenvalue weighted by Crippen LogP contribution is 2.30. The van der Waals surface area contributed by atoms with E-state index in [0.29, 0.717) is 6.54 Å². The minimum atomic E-state index is 0.447. The van der Waals surface area contributed by atoms with Crippen molar-refractivity contribution in [2.75, 3.05) is 0 Å². The van der Waals surface area contributed by atoms with Gasteiger partial charge in [-0.2, -0.15) is 0 Å². The maximum atomic E-state index is 5.58. The zero-order chi connectivity index (χ0) is 12.6. The molecule has 1 aromatic carbocycles. The first kappa shape index (κ1) is 11.9. The second kappa shape index (κ2) is 4.34. The van der Waals surface area contributed by atoms with Crippen LogP contribution in [-0.4, -0.2) is 9.97 Å². The maximum absolute atomic E-state index is 5.58. The fraction of sp³-hybridized carbons (Fsp3) is 0.357. The maximum Gasteiger partial charge on any atom is 0.120 e. The van der Waals surface area contributed by atoms with Crippen molar-refractivity contribution in [2.24, 2.45) is 5.73 Å². The van der Waals surface area contributed by atoms with Gasteiger partial charge in [0, 0.05) is 5.56 Å². The highest BCUT2D eigenvalue weighted by atomic mass is 14.9. The van der Waals surface area contributed by atoms with Gasteiger partial charge >= 0.3 is 0 Å². The quantitative estimate of drug-likeness (QED) is 0.832. The number of nitrogens with zero attached hydrogens (tertiary/aromatic N) is 1. The molecule has 1 heterocycles. The average molecular weight is 229 g/mol. The predicted molar refractivity (Wildman–Crippen MR) is 70.9 cm³/mol. The molecule has 90 valence electrons. The van der Waals surface area contributed by atoms with Crippen molar-refractivity contribution in [2.45, 2.75) is 34.2 Å². The molecule has 0 fully saturated rings. The summed E-state index contributed by atoms with van der Waals surface area (Å²) in [5.74, 6) is 0.831. The van der Waals surface area contributed by atoms with E-state index in [1.54, 1.807) is 0 Å². The molecule has 0 aliphatic carbocycles. The number of rotatable bonds is 2. The minimum absolute atomic E-state index is 0.447. The third kappa shape index (κ3) is 1.98. The zero-order valence-corrected chi connectivity index (χ0v) is 10.9. The summed E-state index contributed by atoms with van der Waals surface area (Å²) in [5, 5.41) is 0. The second-order valence-electron chi connectivity index (χ2n) is 4.58. The molecule has 0 aliphatic rings. The second-order valence-corrected chi connectivity index (χ2v) is 4.58. The summed E-state index contributed by atoms with van der Waals surface area (Å²) in [4.78, 5) is 7.55. The zero-order valence-electron chi connectivity index (χ0n) is 10.9. The normalized spacial score (nSPS) is 10.9. The van der Waals surface area contributed by atoms with Crippen molar-refractivity contribution in [3.8, 4) is 11.3 Å². The van der Waals surface area contributed by atoms with Gasteiger partial charge in [-0.25, -0.2) is 4.98 Å². The van der Waals surface area contributed by atoms with E-state index in [9.17, 15) is 0 Å². The van der Waals surface area contributed by atoms with Crippen LogP contribution in [0.1, 0.15) is 28.1 Å². The Kier molecular flexibility index (Phi) is 3.03. The fourth-order valence-electron chi connectivity index (χ4n) is 2.21. The van der Waals surface area contributed by atoms with E-state index in [-0.39, 0.29) is 0 Å². The van der Waals surface area contributed by atoms with Gasteiger partial charge in [-0.15, -0.1) is 0 Å². The molecule has 0 amide bonds. The minimum Gasteiger partial charge on any atom is -0.341 e. The van der Waals surface area contributed by atoms with Crippen molar-refractivity contribution in [3.63, 3.8) is 0 Å². The van der Waals surface area contributed by atoms with E-state index in [2.05, 4.69) is 43.7 Å². The molecule has 17 heavy (non-hydrogen) atoms. The highest BCUT2D eigenvalue weighted by molar-refractivity contribution is 5.70. The Morgan fingerprint density at radius 2 is 1.71 bits per heavy atom. The topological polar surface area (TPSA) is 54.7 Å². The van der Waals surface area contributed by atoms with Crippen LogP contribution in [0.25, 0.3) is 11.3 Å². The van der Waals surface area contributed by atoms with Gasteiger partial charge in [0.1, 0.15) is 5.82 Å². The van der Waals surface area contributed by atoms with Crippen LogP contribution in [0.4, 0.5) is 0 Å². The van der Waals surface area contributed by atoms with Gasteiger partial charge in [0.2, 0.25) is 0 Å². The first-order chi connectivity index (χ1) is 8.04. The lowest BCUT2D eigenvalue weighted by Gasteiger charge is -2.13. The number of nitrogens with two attached hydrogens (primary N) is 1. The summed E-state index contributed by atoms with van der Waals surface area (Å²) in [7, 11) is 0. The van der Waals surface area contributed by atoms with E-state index < -0.39 is 0 Å². The van der Waals surface area contributed by atoms with Crippen molar-refractivity contribution >= 4 is 0 Å². The van der Waals surface area contributed by atoms with E-state index in [1.165, 1.54) is 27.8 Å². The van der Waals surface area contributed by atoms with Crippen molar-refractivity contribution in [1.82, 2.24) is 9.97 Å². The van der Waals surface area contributed by atoms with Gasteiger partial charge in [-0.1, -0.05) is 6.07 Å². The van der Waals surface area contributed by atoms with Crippen LogP contribution in [0.3, 0.4) is 0 Å². The summed E-state index contributed by atoms with van der Waals surface area (Å²) < 4.78 is 0. The molecule has 2 rings (SSSR count). The molecular weight excluding hydrogens is 210 g/mol. The summed E-state index contributed by atoms with van der Waals surface area (Å²) in [5.41, 5.74) is 13.1. The first-order valence-electron chi connectivity index (χ1n) is 5.86. The molecular formula is C14H19N3. The molecule has 0 saturated carbocycles. The Labute approximate surface area is 102 Å². The molecule has 3 N–H and O–H groups in total. The standard InChI is InChI=1S/C14H19N3/c1-8-5-9(2)11(4)14(10(8)3)12-7-16-13(6-15)17-12/h5,7H,6,15H2,1-4H3,(H,16,17). The number of aromatic amines is 1. The number of imidazole rings is 1. The Morgan fingerprint density at radius 1 is 1.12 bits per heavy atom. The van der Waals surface area contributed by atoms with Gasteiger partial charge < -0.3 is 10.7 Å². The number of hydrogen-bond donors (Lipinski definition) is 2. The number of nitrogens with one attached hydrogen (secondary N) is 1. The average Bonchev–Trinajstić information content (AvgIpc) is 2.75. The molecule has 3 nitrogen and oxygen atoms in total. The van der Waals surface area contributed by atoms with Gasteiger partial charge in [-0.3, -0.25) is 0 Å². The van der Waals surface area contributed by atoms with Gasteiger partial charge in [-0.05, 0) is 49.9 Å². The van der Waals surface area contributed by atoms with Crippen LogP contribution >= 0.6 is 0 Å². The van der Waals surface area contributed by atoms with Crippen LogP contribution in [0.15, 0.2) is 12.3 Å². The van der Waals surface area contributed by atoms with E-state index in [0.717, 1.165) is 11.5 Å². The van der Waals surface area contributed by atoms with Crippen LogP contribution < -0.4 is 5.73 Å². The molecule has 3 heteroatoms. The van der Waals surface area contributed by atoms with Crippen LogP contribution in [-0.2, 0) is 6.54 Å².